The zero-order chi connectivity index (χ0) is 8.72. The van der Waals surface area contributed by atoms with Gasteiger partial charge in [0.15, 0.2) is 0 Å². The smallest absolute Gasteiger partial charge is 0.146 e. The summed E-state index contributed by atoms with van der Waals surface area (Å²) in [5, 5.41) is 9.47. The van der Waals surface area contributed by atoms with Gasteiger partial charge in [0.2, 0.25) is 0 Å². The molecule has 0 fully saturated rings. The van der Waals surface area contributed by atoms with Gasteiger partial charge in [0.1, 0.15) is 23.1 Å². The van der Waals surface area contributed by atoms with Crippen LogP contribution in [0.1, 0.15) is 11.6 Å². The Bertz CT molecular complexity index is 327. The molecule has 3 N–H and O–H groups in total. The summed E-state index contributed by atoms with van der Waals surface area (Å²) in [5.41, 5.74) is 6.56. The van der Waals surface area contributed by atoms with Gasteiger partial charge in [-0.2, -0.15) is 0 Å². The van der Waals surface area contributed by atoms with Crippen LogP contribution in [0.4, 0.5) is 0 Å². The summed E-state index contributed by atoms with van der Waals surface area (Å²) >= 11 is 5.77. The average Bonchev–Trinajstić information content (AvgIpc) is 2.41. The van der Waals surface area contributed by atoms with E-state index in [2.05, 4.69) is 0 Å². The van der Waals surface area contributed by atoms with Gasteiger partial charge < -0.3 is 15.6 Å². The number of ether oxygens (including phenoxy) is 1. The zero-order valence-electron chi connectivity index (χ0n) is 6.25. The van der Waals surface area contributed by atoms with Crippen LogP contribution in [0.3, 0.4) is 0 Å². The maximum absolute atomic E-state index is 9.22. The van der Waals surface area contributed by atoms with Crippen molar-refractivity contribution in [3.8, 4) is 11.5 Å². The van der Waals surface area contributed by atoms with Crippen LogP contribution in [0.5, 0.6) is 11.5 Å². The van der Waals surface area contributed by atoms with E-state index < -0.39 is 0 Å². The molecule has 12 heavy (non-hydrogen) atoms. The van der Waals surface area contributed by atoms with Crippen LogP contribution in [-0.2, 0) is 0 Å². The molecule has 1 heterocycles. The molecule has 1 aliphatic heterocycles. The topological polar surface area (TPSA) is 55.5 Å². The first kappa shape index (κ1) is 7.71. The molecule has 0 spiro atoms. The number of aromatic hydroxyl groups is 1. The van der Waals surface area contributed by atoms with E-state index in [1.54, 1.807) is 6.07 Å². The standard InChI is InChI=1S/C8H8ClNO2/c9-7-6(11)2-1-4-5(10)3-12-8(4)7/h1-2,5,11H,3,10H2. The van der Waals surface area contributed by atoms with Crippen LogP contribution in [0.15, 0.2) is 12.1 Å². The van der Waals surface area contributed by atoms with Crippen LogP contribution in [0.25, 0.3) is 0 Å². The van der Waals surface area contributed by atoms with E-state index in [1.165, 1.54) is 6.07 Å². The van der Waals surface area contributed by atoms with Gasteiger partial charge in [-0.25, -0.2) is 0 Å². The molecule has 1 aromatic rings. The highest BCUT2D eigenvalue weighted by atomic mass is 35.5. The molecule has 0 aromatic heterocycles. The second-order valence-corrected chi connectivity index (χ2v) is 3.11. The van der Waals surface area contributed by atoms with Crippen molar-refractivity contribution < 1.29 is 9.84 Å². The molecule has 0 saturated heterocycles. The van der Waals surface area contributed by atoms with E-state index in [-0.39, 0.29) is 16.8 Å². The van der Waals surface area contributed by atoms with E-state index in [4.69, 9.17) is 22.1 Å². The Balaban J connectivity index is 2.60. The molecule has 0 saturated carbocycles. The Morgan fingerprint density at radius 1 is 1.58 bits per heavy atom. The van der Waals surface area contributed by atoms with Crippen molar-refractivity contribution in [1.82, 2.24) is 0 Å². The molecule has 0 aliphatic carbocycles. The van der Waals surface area contributed by atoms with Crippen molar-refractivity contribution in [3.05, 3.63) is 22.7 Å². The van der Waals surface area contributed by atoms with Crippen LogP contribution in [-0.4, -0.2) is 11.7 Å². The average molecular weight is 186 g/mol. The first-order chi connectivity index (χ1) is 5.70. The van der Waals surface area contributed by atoms with E-state index in [0.717, 1.165) is 5.56 Å². The number of benzene rings is 1. The molecule has 3 nitrogen and oxygen atoms in total. The number of fused-ring (bicyclic) bond motifs is 1. The molecule has 4 heteroatoms. The van der Waals surface area contributed by atoms with E-state index in [0.29, 0.717) is 12.4 Å². The lowest BCUT2D eigenvalue weighted by Gasteiger charge is -2.03. The third-order valence-electron chi connectivity index (χ3n) is 1.91. The SMILES string of the molecule is NC1COc2c1ccc(O)c2Cl. The molecule has 2 rings (SSSR count). The van der Waals surface area contributed by atoms with Gasteiger partial charge >= 0.3 is 0 Å². The van der Waals surface area contributed by atoms with Gasteiger partial charge in [-0.15, -0.1) is 0 Å². The number of halogens is 1. The van der Waals surface area contributed by atoms with Crippen molar-refractivity contribution in [2.45, 2.75) is 6.04 Å². The first-order valence-corrected chi connectivity index (χ1v) is 3.97. The minimum absolute atomic E-state index is 0.0320. The van der Waals surface area contributed by atoms with Crippen molar-refractivity contribution >= 4 is 11.6 Å². The predicted molar refractivity (Wildman–Crippen MR) is 45.5 cm³/mol. The van der Waals surface area contributed by atoms with Crippen LogP contribution >= 0.6 is 11.6 Å². The Hall–Kier alpha value is -0.930. The van der Waals surface area contributed by atoms with Crippen molar-refractivity contribution in [2.75, 3.05) is 6.61 Å². The Morgan fingerprint density at radius 2 is 2.33 bits per heavy atom. The number of rotatable bonds is 0. The van der Waals surface area contributed by atoms with Crippen molar-refractivity contribution in [2.24, 2.45) is 5.73 Å². The van der Waals surface area contributed by atoms with E-state index in [1.807, 2.05) is 0 Å². The maximum atomic E-state index is 9.22. The molecule has 0 radical (unpaired) electrons. The Kier molecular flexibility index (Phi) is 1.63. The minimum Gasteiger partial charge on any atom is -0.506 e. The molecular formula is C8H8ClNO2. The highest BCUT2D eigenvalue weighted by Crippen LogP contribution is 2.41. The number of hydrogen-bond donors (Lipinski definition) is 2. The van der Waals surface area contributed by atoms with E-state index >= 15 is 0 Å². The highest BCUT2D eigenvalue weighted by Gasteiger charge is 2.24. The van der Waals surface area contributed by atoms with Gasteiger partial charge in [0.25, 0.3) is 0 Å². The van der Waals surface area contributed by atoms with Gasteiger partial charge in [-0.05, 0) is 12.1 Å². The lowest BCUT2D eigenvalue weighted by molar-refractivity contribution is 0.332. The number of hydrogen-bond acceptors (Lipinski definition) is 3. The molecular weight excluding hydrogens is 178 g/mol. The summed E-state index contributed by atoms with van der Waals surface area (Å²) in [6.07, 6.45) is 0. The molecule has 0 bridgehead atoms. The Morgan fingerprint density at radius 3 is 3.08 bits per heavy atom. The lowest BCUT2D eigenvalue weighted by atomic mass is 10.1. The third kappa shape index (κ3) is 0.940. The molecule has 1 atom stereocenters. The summed E-state index contributed by atoms with van der Waals surface area (Å²) in [5.74, 6) is 0.550. The lowest BCUT2D eigenvalue weighted by Crippen LogP contribution is -2.10. The van der Waals surface area contributed by atoms with E-state index in [9.17, 15) is 5.11 Å². The molecule has 0 amide bonds. The molecule has 1 aromatic carbocycles. The highest BCUT2D eigenvalue weighted by molar-refractivity contribution is 6.33. The molecule has 1 aliphatic rings. The second kappa shape index (κ2) is 2.54. The van der Waals surface area contributed by atoms with Gasteiger partial charge in [-0.3, -0.25) is 0 Å². The van der Waals surface area contributed by atoms with Crippen LogP contribution in [0.2, 0.25) is 5.02 Å². The predicted octanol–water partition coefficient (Wildman–Crippen LogP) is 1.44. The van der Waals surface area contributed by atoms with Crippen LogP contribution < -0.4 is 10.5 Å². The van der Waals surface area contributed by atoms with Gasteiger partial charge in [0, 0.05) is 5.56 Å². The number of phenols is 1. The molecule has 64 valence electrons. The van der Waals surface area contributed by atoms with Crippen molar-refractivity contribution in [3.63, 3.8) is 0 Å². The summed E-state index contributed by atoms with van der Waals surface area (Å²) in [6, 6.07) is 3.13. The van der Waals surface area contributed by atoms with Gasteiger partial charge in [-0.1, -0.05) is 11.6 Å². The number of phenolic OH excluding ortho intramolecular Hbond substituents is 1. The Labute approximate surface area is 74.7 Å². The fraction of sp³-hybridized carbons (Fsp3) is 0.250. The fourth-order valence-corrected chi connectivity index (χ4v) is 1.49. The largest absolute Gasteiger partial charge is 0.506 e. The molecule has 1 unspecified atom stereocenters. The third-order valence-corrected chi connectivity index (χ3v) is 2.28. The normalized spacial score (nSPS) is 20.3. The summed E-state index contributed by atoms with van der Waals surface area (Å²) < 4.78 is 5.21. The van der Waals surface area contributed by atoms with Gasteiger partial charge in [0.05, 0.1) is 6.04 Å². The minimum atomic E-state index is -0.127. The second-order valence-electron chi connectivity index (χ2n) is 2.73. The number of nitrogens with two attached hydrogens (primary N) is 1. The monoisotopic (exact) mass is 185 g/mol. The summed E-state index contributed by atoms with van der Waals surface area (Å²) in [6.45, 7) is 0.429. The maximum Gasteiger partial charge on any atom is 0.146 e. The zero-order valence-corrected chi connectivity index (χ0v) is 7.01. The quantitative estimate of drug-likeness (QED) is 0.643. The first-order valence-electron chi connectivity index (χ1n) is 3.60. The van der Waals surface area contributed by atoms with Crippen LogP contribution in [0, 0.1) is 0 Å². The fourth-order valence-electron chi connectivity index (χ4n) is 1.26. The summed E-state index contributed by atoms with van der Waals surface area (Å²) in [4.78, 5) is 0. The van der Waals surface area contributed by atoms with Crippen molar-refractivity contribution in [1.29, 1.82) is 0 Å². The summed E-state index contributed by atoms with van der Waals surface area (Å²) in [7, 11) is 0.